The minimum Gasteiger partial charge on any atom is -0.360 e. The van der Waals surface area contributed by atoms with Gasteiger partial charge in [-0.2, -0.15) is 0 Å². The van der Waals surface area contributed by atoms with Crippen LogP contribution in [0.3, 0.4) is 0 Å². The van der Waals surface area contributed by atoms with E-state index in [0.717, 1.165) is 12.8 Å². The third-order valence-electron chi connectivity index (χ3n) is 3.74. The average molecular weight is 400 g/mol. The van der Waals surface area contributed by atoms with Crippen molar-refractivity contribution in [2.45, 2.75) is 31.8 Å². The highest BCUT2D eigenvalue weighted by Crippen LogP contribution is 2.42. The zero-order valence-corrected chi connectivity index (χ0v) is 14.7. The molecule has 1 fully saturated rings. The maximum Gasteiger partial charge on any atom is 0.257 e. The Hall–Kier alpha value is -1.51. The van der Waals surface area contributed by atoms with E-state index < -0.39 is 17.1 Å². The Morgan fingerprint density at radius 3 is 2.74 bits per heavy atom. The van der Waals surface area contributed by atoms with E-state index in [-0.39, 0.29) is 11.7 Å². The number of rotatable bonds is 6. The zero-order valence-electron chi connectivity index (χ0n) is 12.2. The molecule has 0 bridgehead atoms. The fourth-order valence-corrected chi connectivity index (χ4v) is 3.32. The van der Waals surface area contributed by atoms with Crippen molar-refractivity contribution in [2.24, 2.45) is 0 Å². The summed E-state index contributed by atoms with van der Waals surface area (Å²) in [5.41, 5.74) is 1.60. The Kier molecular flexibility index (Phi) is 4.65. The van der Waals surface area contributed by atoms with E-state index in [2.05, 4.69) is 21.1 Å². The van der Waals surface area contributed by atoms with Gasteiger partial charge >= 0.3 is 0 Å². The molecule has 0 N–H and O–H groups in total. The molecule has 1 aliphatic rings. The Bertz CT molecular complexity index is 817. The summed E-state index contributed by atoms with van der Waals surface area (Å²) < 4.78 is 31.8. The number of halogens is 1. The normalized spacial score (nSPS) is 15.8. The molecule has 8 heteroatoms. The minimum absolute atomic E-state index is 0.171. The molecule has 0 amide bonds. The molecular formula is C15H14BrNO5S. The first kappa shape index (κ1) is 16.4. The van der Waals surface area contributed by atoms with Crippen molar-refractivity contribution < 1.29 is 21.9 Å². The molecule has 0 aliphatic heterocycles. The lowest BCUT2D eigenvalue weighted by Crippen LogP contribution is -2.05. The first-order valence-corrected chi connectivity index (χ1v) is 8.96. The van der Waals surface area contributed by atoms with Crippen LogP contribution in [0.15, 0.2) is 33.4 Å². The molecule has 1 heterocycles. The number of thiol groups is 1. The number of ketones is 1. The van der Waals surface area contributed by atoms with Gasteiger partial charge in [-0.3, -0.25) is 8.98 Å². The molecule has 2 aromatic rings. The largest absolute Gasteiger partial charge is 0.360 e. The zero-order chi connectivity index (χ0) is 16.6. The van der Waals surface area contributed by atoms with Crippen LogP contribution in [0.1, 0.15) is 59.0 Å². The molecule has 6 nitrogen and oxygen atoms in total. The molecule has 1 unspecified atom stereocenters. The molecule has 1 atom stereocenters. The van der Waals surface area contributed by atoms with Crippen LogP contribution in [-0.4, -0.2) is 19.4 Å². The van der Waals surface area contributed by atoms with E-state index in [9.17, 15) is 13.2 Å². The van der Waals surface area contributed by atoms with Crippen LogP contribution in [0.5, 0.6) is 0 Å². The van der Waals surface area contributed by atoms with Gasteiger partial charge in [-0.25, -0.2) is 8.42 Å². The average Bonchev–Trinajstić information content (AvgIpc) is 3.23. The third kappa shape index (κ3) is 3.54. The van der Waals surface area contributed by atoms with Gasteiger partial charge in [0.1, 0.15) is 0 Å². The standard InChI is InChI=1S/C15H14BrNO5S/c1-8(22-23(19)20)10-4-5-11(13(16)6-10)14(18)12-7-17-21-15(12)9-2-3-9/h4-9,23H,2-3H2,1H3. The van der Waals surface area contributed by atoms with Crippen LogP contribution in [0.25, 0.3) is 0 Å². The summed E-state index contributed by atoms with van der Waals surface area (Å²) in [5, 5.41) is 3.74. The summed E-state index contributed by atoms with van der Waals surface area (Å²) in [7, 11) is -2.93. The first-order valence-electron chi connectivity index (χ1n) is 7.07. The summed E-state index contributed by atoms with van der Waals surface area (Å²) in [6.07, 6.45) is 2.86. The molecular weight excluding hydrogens is 386 g/mol. The van der Waals surface area contributed by atoms with E-state index in [1.165, 1.54) is 6.20 Å². The Labute approximate surface area is 143 Å². The van der Waals surface area contributed by atoms with E-state index in [4.69, 9.17) is 8.71 Å². The fraction of sp³-hybridized carbons (Fsp3) is 0.333. The van der Waals surface area contributed by atoms with Gasteiger partial charge in [0.05, 0.1) is 17.9 Å². The highest BCUT2D eigenvalue weighted by molar-refractivity contribution is 9.10. The van der Waals surface area contributed by atoms with Gasteiger partial charge in [-0.05, 0) is 37.5 Å². The van der Waals surface area contributed by atoms with Crippen molar-refractivity contribution in [3.8, 4) is 0 Å². The third-order valence-corrected chi connectivity index (χ3v) is 4.89. The molecule has 3 rings (SSSR count). The SMILES string of the molecule is CC(O[SH](=O)=O)c1ccc(C(=O)c2cnoc2C2CC2)c(Br)c1. The predicted molar refractivity (Wildman–Crippen MR) is 85.9 cm³/mol. The molecule has 0 radical (unpaired) electrons. The number of aromatic nitrogens is 1. The number of carbonyl (C=O) groups is 1. The molecule has 0 saturated heterocycles. The quantitative estimate of drug-likeness (QED) is 0.592. The number of carbonyl (C=O) groups excluding carboxylic acids is 1. The molecule has 1 aromatic heterocycles. The van der Waals surface area contributed by atoms with Gasteiger partial charge in [-0.15, -0.1) is 0 Å². The second-order valence-corrected chi connectivity index (χ2v) is 6.93. The topological polar surface area (TPSA) is 86.5 Å². The molecule has 1 aliphatic carbocycles. The fourth-order valence-electron chi connectivity index (χ4n) is 2.36. The van der Waals surface area contributed by atoms with Gasteiger partial charge in [0.25, 0.3) is 11.0 Å². The van der Waals surface area contributed by atoms with E-state index in [0.29, 0.717) is 26.9 Å². The Balaban J connectivity index is 1.88. The highest BCUT2D eigenvalue weighted by Gasteiger charge is 2.33. The van der Waals surface area contributed by atoms with Crippen LogP contribution in [0.2, 0.25) is 0 Å². The Morgan fingerprint density at radius 1 is 1.39 bits per heavy atom. The lowest BCUT2D eigenvalue weighted by atomic mass is 10.0. The van der Waals surface area contributed by atoms with E-state index >= 15 is 0 Å². The van der Waals surface area contributed by atoms with Gasteiger partial charge in [0, 0.05) is 16.0 Å². The number of benzene rings is 1. The van der Waals surface area contributed by atoms with Crippen molar-refractivity contribution in [2.75, 3.05) is 0 Å². The maximum absolute atomic E-state index is 12.7. The molecule has 122 valence electrons. The molecule has 1 aromatic carbocycles. The van der Waals surface area contributed by atoms with E-state index in [1.54, 1.807) is 25.1 Å². The monoisotopic (exact) mass is 399 g/mol. The first-order chi connectivity index (χ1) is 11.0. The number of hydrogen-bond acceptors (Lipinski definition) is 6. The van der Waals surface area contributed by atoms with Crippen LogP contribution in [-0.2, 0) is 15.2 Å². The van der Waals surface area contributed by atoms with Crippen molar-refractivity contribution in [3.05, 3.63) is 51.3 Å². The maximum atomic E-state index is 12.7. The van der Waals surface area contributed by atoms with Gasteiger partial charge in [-0.1, -0.05) is 27.2 Å². The van der Waals surface area contributed by atoms with Gasteiger partial charge in [0.15, 0.2) is 11.5 Å². The Morgan fingerprint density at radius 2 is 2.13 bits per heavy atom. The van der Waals surface area contributed by atoms with Crippen molar-refractivity contribution >= 4 is 32.7 Å². The molecule has 0 spiro atoms. The van der Waals surface area contributed by atoms with E-state index in [1.807, 2.05) is 0 Å². The predicted octanol–water partition coefficient (Wildman–Crippen LogP) is 3.15. The lowest BCUT2D eigenvalue weighted by molar-refractivity contribution is 0.103. The van der Waals surface area contributed by atoms with Gasteiger partial charge < -0.3 is 4.52 Å². The number of hydrogen-bond donors (Lipinski definition) is 1. The number of nitrogens with zero attached hydrogens (tertiary/aromatic N) is 1. The second kappa shape index (κ2) is 6.54. The van der Waals surface area contributed by atoms with Gasteiger partial charge in [0.2, 0.25) is 0 Å². The minimum atomic E-state index is -2.93. The second-order valence-electron chi connectivity index (χ2n) is 5.42. The highest BCUT2D eigenvalue weighted by atomic mass is 79.9. The molecule has 23 heavy (non-hydrogen) atoms. The van der Waals surface area contributed by atoms with Crippen molar-refractivity contribution in [1.29, 1.82) is 0 Å². The molecule has 1 saturated carbocycles. The lowest BCUT2D eigenvalue weighted by Gasteiger charge is -2.11. The van der Waals surface area contributed by atoms with Crippen molar-refractivity contribution in [3.63, 3.8) is 0 Å². The smallest absolute Gasteiger partial charge is 0.257 e. The van der Waals surface area contributed by atoms with Crippen LogP contribution >= 0.6 is 15.9 Å². The summed E-state index contributed by atoms with van der Waals surface area (Å²) >= 11 is 3.37. The van der Waals surface area contributed by atoms with Crippen LogP contribution in [0.4, 0.5) is 0 Å². The summed E-state index contributed by atoms with van der Waals surface area (Å²) in [4.78, 5) is 12.7. The van der Waals surface area contributed by atoms with Crippen LogP contribution in [0, 0.1) is 0 Å². The van der Waals surface area contributed by atoms with Crippen LogP contribution < -0.4 is 0 Å². The summed E-state index contributed by atoms with van der Waals surface area (Å²) in [6.45, 7) is 1.62. The summed E-state index contributed by atoms with van der Waals surface area (Å²) in [6, 6.07) is 5.00. The summed E-state index contributed by atoms with van der Waals surface area (Å²) in [5.74, 6) is 0.761. The van der Waals surface area contributed by atoms with Crippen molar-refractivity contribution in [1.82, 2.24) is 5.16 Å².